The van der Waals surface area contributed by atoms with Crippen molar-refractivity contribution in [2.24, 2.45) is 0 Å². The lowest BCUT2D eigenvalue weighted by Crippen LogP contribution is -2.18. The third kappa shape index (κ3) is 2.41. The summed E-state index contributed by atoms with van der Waals surface area (Å²) < 4.78 is 0. The Balaban J connectivity index is 1.72. The topological polar surface area (TPSA) is 104 Å². The van der Waals surface area contributed by atoms with Crippen LogP contribution in [0.4, 0.5) is 0 Å². The van der Waals surface area contributed by atoms with Gasteiger partial charge in [0.2, 0.25) is 11.6 Å². The third-order valence-electron chi connectivity index (χ3n) is 2.70. The Bertz CT molecular complexity index is 730. The SMILES string of the molecule is O=C(Cc1cc(-c2cccs2)c[nH]1)C(=O)c1nn[nH]n1. The number of rotatable bonds is 5. The van der Waals surface area contributed by atoms with Crippen molar-refractivity contribution >= 4 is 22.9 Å². The maximum atomic E-state index is 11.8. The summed E-state index contributed by atoms with van der Waals surface area (Å²) in [6.07, 6.45) is 1.80. The molecule has 3 aromatic heterocycles. The van der Waals surface area contributed by atoms with Crippen molar-refractivity contribution in [2.45, 2.75) is 6.42 Å². The van der Waals surface area contributed by atoms with Crippen LogP contribution in [-0.4, -0.2) is 37.2 Å². The monoisotopic (exact) mass is 287 g/mol. The third-order valence-corrected chi connectivity index (χ3v) is 3.62. The van der Waals surface area contributed by atoms with E-state index in [-0.39, 0.29) is 12.2 Å². The lowest BCUT2D eigenvalue weighted by atomic mass is 10.1. The molecule has 3 heterocycles. The molecular formula is C12H9N5O2S. The molecule has 0 aliphatic heterocycles. The van der Waals surface area contributed by atoms with Crippen LogP contribution in [0.25, 0.3) is 10.4 Å². The molecule has 0 aromatic carbocycles. The molecule has 7 nitrogen and oxygen atoms in total. The van der Waals surface area contributed by atoms with Gasteiger partial charge in [0.05, 0.1) is 6.42 Å². The maximum absolute atomic E-state index is 11.8. The van der Waals surface area contributed by atoms with Crippen molar-refractivity contribution in [2.75, 3.05) is 0 Å². The molecule has 3 aromatic rings. The van der Waals surface area contributed by atoms with E-state index < -0.39 is 11.6 Å². The zero-order valence-electron chi connectivity index (χ0n) is 10.2. The van der Waals surface area contributed by atoms with Crippen LogP contribution in [0.5, 0.6) is 0 Å². The molecule has 0 saturated heterocycles. The number of tetrazole rings is 1. The smallest absolute Gasteiger partial charge is 0.269 e. The first-order valence-electron chi connectivity index (χ1n) is 5.76. The summed E-state index contributed by atoms with van der Waals surface area (Å²) in [6, 6.07) is 5.80. The highest BCUT2D eigenvalue weighted by Gasteiger charge is 2.21. The van der Waals surface area contributed by atoms with Crippen LogP contribution >= 0.6 is 11.3 Å². The Morgan fingerprint density at radius 2 is 2.25 bits per heavy atom. The average Bonchev–Trinajstić information content (AvgIpc) is 3.19. The molecule has 0 amide bonds. The normalized spacial score (nSPS) is 10.6. The van der Waals surface area contributed by atoms with Gasteiger partial charge < -0.3 is 4.98 Å². The number of carbonyl (C=O) groups excluding carboxylic acids is 2. The number of H-pyrrole nitrogens is 2. The van der Waals surface area contributed by atoms with E-state index in [2.05, 4.69) is 25.6 Å². The molecule has 2 N–H and O–H groups in total. The Morgan fingerprint density at radius 1 is 1.35 bits per heavy atom. The molecule has 3 rings (SSSR count). The zero-order chi connectivity index (χ0) is 13.9. The molecule has 0 aliphatic carbocycles. The Labute approximate surface area is 117 Å². The number of Topliss-reactive ketones (excluding diaryl/α,β-unsaturated/α-hetero) is 2. The number of hydrogen-bond acceptors (Lipinski definition) is 6. The number of carbonyl (C=O) groups is 2. The Hall–Kier alpha value is -2.61. The van der Waals surface area contributed by atoms with Crippen molar-refractivity contribution in [3.63, 3.8) is 0 Å². The van der Waals surface area contributed by atoms with Gasteiger partial charge >= 0.3 is 0 Å². The van der Waals surface area contributed by atoms with Gasteiger partial charge in [-0.2, -0.15) is 5.21 Å². The molecule has 0 fully saturated rings. The number of nitrogens with one attached hydrogen (secondary N) is 2. The van der Waals surface area contributed by atoms with Crippen LogP contribution in [0.2, 0.25) is 0 Å². The minimum Gasteiger partial charge on any atom is -0.364 e. The molecule has 0 unspecified atom stereocenters. The van der Waals surface area contributed by atoms with E-state index in [4.69, 9.17) is 0 Å². The second-order valence-electron chi connectivity index (χ2n) is 4.06. The maximum Gasteiger partial charge on any atom is 0.269 e. The minimum absolute atomic E-state index is 0.0151. The fraction of sp³-hybridized carbons (Fsp3) is 0.0833. The van der Waals surface area contributed by atoms with Crippen LogP contribution in [0, 0.1) is 0 Å². The van der Waals surface area contributed by atoms with Gasteiger partial charge in [-0.15, -0.1) is 21.5 Å². The van der Waals surface area contributed by atoms with Crippen LogP contribution in [-0.2, 0) is 11.2 Å². The van der Waals surface area contributed by atoms with Gasteiger partial charge in [0.15, 0.2) is 0 Å². The summed E-state index contributed by atoms with van der Waals surface area (Å²) in [5.41, 5.74) is 1.67. The zero-order valence-corrected chi connectivity index (χ0v) is 11.0. The van der Waals surface area contributed by atoms with E-state index in [1.807, 2.05) is 29.8 Å². The number of aromatic nitrogens is 5. The fourth-order valence-electron chi connectivity index (χ4n) is 1.76. The summed E-state index contributed by atoms with van der Waals surface area (Å²) in [5, 5.41) is 14.4. The number of aromatic amines is 2. The Morgan fingerprint density at radius 3 is 2.95 bits per heavy atom. The highest BCUT2D eigenvalue weighted by Crippen LogP contribution is 2.25. The predicted molar refractivity (Wildman–Crippen MR) is 71.3 cm³/mol. The minimum atomic E-state index is -0.744. The second-order valence-corrected chi connectivity index (χ2v) is 5.00. The van der Waals surface area contributed by atoms with Gasteiger partial charge in [0.1, 0.15) is 0 Å². The lowest BCUT2D eigenvalue weighted by molar-refractivity contribution is -0.114. The summed E-state index contributed by atoms with van der Waals surface area (Å²) >= 11 is 1.61. The quantitative estimate of drug-likeness (QED) is 0.543. The van der Waals surface area contributed by atoms with Gasteiger partial charge in [0.25, 0.3) is 5.78 Å². The number of hydrogen-bond donors (Lipinski definition) is 2. The van der Waals surface area contributed by atoms with Crippen molar-refractivity contribution in [3.8, 4) is 10.4 Å². The van der Waals surface area contributed by atoms with Crippen LogP contribution in [0.3, 0.4) is 0 Å². The largest absolute Gasteiger partial charge is 0.364 e. The van der Waals surface area contributed by atoms with Crippen molar-refractivity contribution < 1.29 is 9.59 Å². The molecule has 0 atom stereocenters. The van der Waals surface area contributed by atoms with Crippen LogP contribution in [0.15, 0.2) is 29.8 Å². The number of thiophene rings is 1. The average molecular weight is 287 g/mol. The summed E-state index contributed by atoms with van der Waals surface area (Å²) in [7, 11) is 0. The summed E-state index contributed by atoms with van der Waals surface area (Å²) in [6.45, 7) is 0. The van der Waals surface area contributed by atoms with Gasteiger partial charge in [0, 0.05) is 22.3 Å². The molecule has 8 heteroatoms. The van der Waals surface area contributed by atoms with E-state index in [9.17, 15) is 9.59 Å². The van der Waals surface area contributed by atoms with Gasteiger partial charge in [-0.3, -0.25) is 9.59 Å². The molecular weight excluding hydrogens is 278 g/mol. The van der Waals surface area contributed by atoms with Crippen molar-refractivity contribution in [3.05, 3.63) is 41.3 Å². The van der Waals surface area contributed by atoms with Crippen LogP contribution < -0.4 is 0 Å². The van der Waals surface area contributed by atoms with Gasteiger partial charge in [-0.05, 0) is 22.7 Å². The summed E-state index contributed by atoms with van der Waals surface area (Å²) in [4.78, 5) is 27.6. The van der Waals surface area contributed by atoms with E-state index >= 15 is 0 Å². The highest BCUT2D eigenvalue weighted by molar-refractivity contribution is 7.13. The molecule has 0 spiro atoms. The van der Waals surface area contributed by atoms with Gasteiger partial charge in [-0.1, -0.05) is 6.07 Å². The molecule has 0 saturated carbocycles. The highest BCUT2D eigenvalue weighted by atomic mass is 32.1. The first-order chi connectivity index (χ1) is 9.74. The lowest BCUT2D eigenvalue weighted by Gasteiger charge is -1.94. The van der Waals surface area contributed by atoms with E-state index in [1.54, 1.807) is 11.3 Å². The molecule has 100 valence electrons. The van der Waals surface area contributed by atoms with E-state index in [0.717, 1.165) is 10.4 Å². The first-order valence-corrected chi connectivity index (χ1v) is 6.64. The molecule has 20 heavy (non-hydrogen) atoms. The standard InChI is InChI=1S/C12H9N5O2S/c18-9(11(19)12-14-16-17-15-12)5-8-4-7(6-13-8)10-2-1-3-20-10/h1-4,6,13H,5H2,(H,14,15,16,17). The van der Waals surface area contributed by atoms with E-state index in [0.29, 0.717) is 5.69 Å². The van der Waals surface area contributed by atoms with E-state index in [1.165, 1.54) is 0 Å². The first kappa shape index (κ1) is 12.4. The van der Waals surface area contributed by atoms with Gasteiger partial charge in [-0.25, -0.2) is 0 Å². The van der Waals surface area contributed by atoms with Crippen LogP contribution in [0.1, 0.15) is 16.3 Å². The van der Waals surface area contributed by atoms with Crippen molar-refractivity contribution in [1.29, 1.82) is 0 Å². The predicted octanol–water partition coefficient (Wildman–Crippen LogP) is 1.25. The molecule has 0 bridgehead atoms. The molecule has 0 radical (unpaired) electrons. The number of nitrogens with zero attached hydrogens (tertiary/aromatic N) is 3. The Kier molecular flexibility index (Phi) is 3.21. The second kappa shape index (κ2) is 5.17. The summed E-state index contributed by atoms with van der Waals surface area (Å²) in [5.74, 6) is -1.53. The number of ketones is 2. The van der Waals surface area contributed by atoms with Crippen molar-refractivity contribution in [1.82, 2.24) is 25.6 Å². The molecule has 0 aliphatic rings. The fourth-order valence-corrected chi connectivity index (χ4v) is 2.48.